The number of hydrogen-bond acceptors (Lipinski definition) is 2. The number of nitrogens with one attached hydrogen (secondary N) is 1. The topological polar surface area (TPSA) is 49.4 Å². The van der Waals surface area contributed by atoms with Gasteiger partial charge in [0.05, 0.1) is 0 Å². The number of rotatable bonds is 5. The number of carbonyl (C=O) groups is 2. The highest BCUT2D eigenvalue weighted by Gasteiger charge is 2.19. The van der Waals surface area contributed by atoms with E-state index in [0.29, 0.717) is 12.0 Å². The summed E-state index contributed by atoms with van der Waals surface area (Å²) < 4.78 is 0. The molecule has 146 valence electrons. The van der Waals surface area contributed by atoms with E-state index in [0.717, 1.165) is 42.7 Å². The van der Waals surface area contributed by atoms with E-state index in [4.69, 9.17) is 0 Å². The lowest BCUT2D eigenvalue weighted by molar-refractivity contribution is -0.119. The van der Waals surface area contributed by atoms with E-state index in [1.54, 1.807) is 17.0 Å². The molecule has 1 N–H and O–H groups in total. The van der Waals surface area contributed by atoms with Crippen LogP contribution in [0, 0.1) is 0 Å². The highest BCUT2D eigenvalue weighted by atomic mass is 16.2. The van der Waals surface area contributed by atoms with Crippen molar-refractivity contribution in [1.29, 1.82) is 0 Å². The number of carbonyl (C=O) groups excluding carboxylic acids is 2. The minimum absolute atomic E-state index is 0.151. The van der Waals surface area contributed by atoms with Gasteiger partial charge < -0.3 is 10.2 Å². The second kappa shape index (κ2) is 8.74. The van der Waals surface area contributed by atoms with Gasteiger partial charge in [-0.15, -0.1) is 0 Å². The van der Waals surface area contributed by atoms with Crippen molar-refractivity contribution in [3.05, 3.63) is 95.6 Å². The Morgan fingerprint density at radius 1 is 0.862 bits per heavy atom. The molecule has 0 radical (unpaired) electrons. The fourth-order valence-corrected chi connectivity index (χ4v) is 3.68. The van der Waals surface area contributed by atoms with Gasteiger partial charge in [-0.2, -0.15) is 0 Å². The Bertz CT molecular complexity index is 997. The predicted octanol–water partition coefficient (Wildman–Crippen LogP) is 5.05. The molecule has 0 bridgehead atoms. The van der Waals surface area contributed by atoms with Crippen LogP contribution in [-0.2, 0) is 11.2 Å². The summed E-state index contributed by atoms with van der Waals surface area (Å²) in [7, 11) is 0. The smallest absolute Gasteiger partial charge is 0.255 e. The zero-order valence-electron chi connectivity index (χ0n) is 16.3. The number of para-hydroxylation sites is 1. The van der Waals surface area contributed by atoms with Gasteiger partial charge in [0.1, 0.15) is 0 Å². The summed E-state index contributed by atoms with van der Waals surface area (Å²) in [6, 6.07) is 25.4. The molecule has 0 unspecified atom stereocenters. The molecule has 0 aromatic heterocycles. The van der Waals surface area contributed by atoms with Crippen LogP contribution in [0.25, 0.3) is 0 Å². The van der Waals surface area contributed by atoms with Gasteiger partial charge >= 0.3 is 0 Å². The normalized spacial score (nSPS) is 13.9. The molecule has 0 saturated carbocycles. The molecule has 1 aliphatic heterocycles. The first-order valence-electron chi connectivity index (χ1n) is 10.0. The van der Waals surface area contributed by atoms with Crippen LogP contribution in [-0.4, -0.2) is 18.4 Å². The quantitative estimate of drug-likeness (QED) is 0.669. The first-order chi connectivity index (χ1) is 14.2. The molecule has 1 saturated heterocycles. The van der Waals surface area contributed by atoms with Crippen molar-refractivity contribution < 1.29 is 9.59 Å². The number of nitrogens with zero attached hydrogens (tertiary/aromatic N) is 1. The minimum Gasteiger partial charge on any atom is -0.322 e. The van der Waals surface area contributed by atoms with Gasteiger partial charge in [0, 0.05) is 29.9 Å². The molecule has 4 heteroatoms. The number of piperidine rings is 1. The fourth-order valence-electron chi connectivity index (χ4n) is 3.68. The molecule has 0 aliphatic carbocycles. The molecule has 1 aliphatic rings. The summed E-state index contributed by atoms with van der Waals surface area (Å²) in [6.45, 7) is 0.747. The van der Waals surface area contributed by atoms with Crippen LogP contribution < -0.4 is 10.2 Å². The molecule has 3 aromatic carbocycles. The molecular weight excluding hydrogens is 360 g/mol. The van der Waals surface area contributed by atoms with E-state index in [-0.39, 0.29) is 11.8 Å². The van der Waals surface area contributed by atoms with Crippen molar-refractivity contribution in [2.24, 2.45) is 0 Å². The lowest BCUT2D eigenvalue weighted by Crippen LogP contribution is -2.35. The molecular formula is C25H24N2O2. The summed E-state index contributed by atoms with van der Waals surface area (Å²) in [5, 5.41) is 3.04. The van der Waals surface area contributed by atoms with E-state index in [1.165, 1.54) is 5.56 Å². The fraction of sp³-hybridized carbons (Fsp3) is 0.200. The third-order valence-electron chi connectivity index (χ3n) is 5.27. The molecule has 0 atom stereocenters. The Balaban J connectivity index is 1.48. The largest absolute Gasteiger partial charge is 0.322 e. The first kappa shape index (κ1) is 18.9. The molecule has 4 rings (SSSR count). The van der Waals surface area contributed by atoms with Crippen LogP contribution >= 0.6 is 0 Å². The van der Waals surface area contributed by atoms with Crippen molar-refractivity contribution in [1.82, 2.24) is 0 Å². The van der Waals surface area contributed by atoms with Crippen molar-refractivity contribution in [3.8, 4) is 0 Å². The molecule has 2 amide bonds. The van der Waals surface area contributed by atoms with Gasteiger partial charge in [0.2, 0.25) is 5.91 Å². The van der Waals surface area contributed by atoms with Crippen molar-refractivity contribution in [2.75, 3.05) is 16.8 Å². The third-order valence-corrected chi connectivity index (χ3v) is 5.27. The molecule has 4 nitrogen and oxygen atoms in total. The van der Waals surface area contributed by atoms with E-state index in [9.17, 15) is 9.59 Å². The highest BCUT2D eigenvalue weighted by Crippen LogP contribution is 2.23. The van der Waals surface area contributed by atoms with Crippen molar-refractivity contribution in [3.63, 3.8) is 0 Å². The van der Waals surface area contributed by atoms with E-state index in [1.807, 2.05) is 54.6 Å². The zero-order valence-corrected chi connectivity index (χ0v) is 16.3. The second-order valence-corrected chi connectivity index (χ2v) is 7.32. The average molecular weight is 384 g/mol. The van der Waals surface area contributed by atoms with Crippen LogP contribution in [0.1, 0.15) is 40.7 Å². The van der Waals surface area contributed by atoms with Gasteiger partial charge in [0.25, 0.3) is 5.91 Å². The number of hydrogen-bond donors (Lipinski definition) is 1. The SMILES string of the molecule is O=C(Nc1ccccc1Cc1ccccc1)c1ccc(N2CCCCC2=O)cc1. The summed E-state index contributed by atoms with van der Waals surface area (Å²) >= 11 is 0. The maximum atomic E-state index is 12.8. The number of amides is 2. The van der Waals surface area contributed by atoms with Gasteiger partial charge in [-0.25, -0.2) is 0 Å². The third kappa shape index (κ3) is 4.54. The standard InChI is InChI=1S/C25H24N2O2/c28-24-12-6-7-17-27(24)22-15-13-20(14-16-22)25(29)26-23-11-5-4-10-21(23)18-19-8-2-1-3-9-19/h1-5,8-11,13-16H,6-7,12,17-18H2,(H,26,29). The van der Waals surface area contributed by atoms with Gasteiger partial charge in [-0.3, -0.25) is 9.59 Å². The number of benzene rings is 3. The Morgan fingerprint density at radius 2 is 1.59 bits per heavy atom. The molecule has 29 heavy (non-hydrogen) atoms. The first-order valence-corrected chi connectivity index (χ1v) is 10.0. The van der Waals surface area contributed by atoms with Gasteiger partial charge in [0.15, 0.2) is 0 Å². The molecule has 3 aromatic rings. The molecule has 0 spiro atoms. The Kier molecular flexibility index (Phi) is 5.71. The van der Waals surface area contributed by atoms with E-state index >= 15 is 0 Å². The van der Waals surface area contributed by atoms with Crippen LogP contribution in [0.5, 0.6) is 0 Å². The lowest BCUT2D eigenvalue weighted by atomic mass is 10.0. The Labute approximate surface area is 171 Å². The van der Waals surface area contributed by atoms with E-state index in [2.05, 4.69) is 17.4 Å². The van der Waals surface area contributed by atoms with Crippen molar-refractivity contribution in [2.45, 2.75) is 25.7 Å². The Hall–Kier alpha value is -3.40. The second-order valence-electron chi connectivity index (χ2n) is 7.32. The average Bonchev–Trinajstić information content (AvgIpc) is 2.76. The summed E-state index contributed by atoms with van der Waals surface area (Å²) in [5.41, 5.74) is 4.52. The molecule has 1 fully saturated rings. The summed E-state index contributed by atoms with van der Waals surface area (Å²) in [5.74, 6) is 0.00493. The summed E-state index contributed by atoms with van der Waals surface area (Å²) in [6.07, 6.45) is 3.33. The maximum Gasteiger partial charge on any atom is 0.255 e. The monoisotopic (exact) mass is 384 g/mol. The van der Waals surface area contributed by atoms with Crippen LogP contribution in [0.3, 0.4) is 0 Å². The maximum absolute atomic E-state index is 12.8. The highest BCUT2D eigenvalue weighted by molar-refractivity contribution is 6.05. The summed E-state index contributed by atoms with van der Waals surface area (Å²) in [4.78, 5) is 26.7. The van der Waals surface area contributed by atoms with Crippen LogP contribution in [0.15, 0.2) is 78.9 Å². The Morgan fingerprint density at radius 3 is 2.34 bits per heavy atom. The lowest BCUT2D eigenvalue weighted by Gasteiger charge is -2.26. The van der Waals surface area contributed by atoms with Crippen LogP contribution in [0.4, 0.5) is 11.4 Å². The zero-order chi connectivity index (χ0) is 20.1. The number of anilines is 2. The van der Waals surface area contributed by atoms with Gasteiger partial charge in [-0.1, -0.05) is 48.5 Å². The van der Waals surface area contributed by atoms with E-state index < -0.39 is 0 Å². The van der Waals surface area contributed by atoms with Crippen molar-refractivity contribution >= 4 is 23.2 Å². The van der Waals surface area contributed by atoms with Gasteiger partial charge in [-0.05, 0) is 60.7 Å². The van der Waals surface area contributed by atoms with Crippen LogP contribution in [0.2, 0.25) is 0 Å². The predicted molar refractivity (Wildman–Crippen MR) is 116 cm³/mol. The molecule has 1 heterocycles. The minimum atomic E-state index is -0.151.